The fourth-order valence-corrected chi connectivity index (χ4v) is 4.17. The Balaban J connectivity index is 0.000000655. The van der Waals surface area contributed by atoms with E-state index in [-0.39, 0.29) is 19.6 Å². The zero-order valence-electron chi connectivity index (χ0n) is 19.6. The highest BCUT2D eigenvalue weighted by Crippen LogP contribution is 2.40. The first-order valence-electron chi connectivity index (χ1n) is 11.2. The molecule has 0 saturated heterocycles. The molecular weight excluding hydrogens is 456 g/mol. The molecule has 2 aromatic heterocycles. The zero-order valence-corrected chi connectivity index (χ0v) is 19.6. The van der Waals surface area contributed by atoms with Gasteiger partial charge in [0.25, 0.3) is 12.9 Å². The Hall–Kier alpha value is -3.86. The molecule has 3 aromatic rings. The van der Waals surface area contributed by atoms with E-state index in [1.165, 1.54) is 0 Å². The lowest BCUT2D eigenvalue weighted by Crippen LogP contribution is -2.21. The van der Waals surface area contributed by atoms with Crippen LogP contribution in [0.4, 0.5) is 0 Å². The average Bonchev–Trinajstić information content (AvgIpc) is 3.58. The van der Waals surface area contributed by atoms with Crippen LogP contribution in [0.15, 0.2) is 49.3 Å². The summed E-state index contributed by atoms with van der Waals surface area (Å²) in [4.78, 5) is 25.4. The molecular formula is C24H32N4O7. The van der Waals surface area contributed by atoms with Gasteiger partial charge in [-0.3, -0.25) is 9.59 Å². The minimum atomic E-state index is -0.250. The van der Waals surface area contributed by atoms with Gasteiger partial charge in [-0.1, -0.05) is 12.5 Å². The maximum atomic E-state index is 9.61. The summed E-state index contributed by atoms with van der Waals surface area (Å²) in [5.41, 5.74) is 0.922. The zero-order chi connectivity index (χ0) is 25.5. The number of imidazole rings is 2. The molecule has 2 heterocycles. The molecule has 190 valence electrons. The molecule has 3 N–H and O–H groups in total. The van der Waals surface area contributed by atoms with E-state index in [4.69, 9.17) is 29.3 Å². The Morgan fingerprint density at radius 3 is 2.57 bits per heavy atom. The molecule has 1 aromatic carbocycles. The van der Waals surface area contributed by atoms with Crippen LogP contribution in [0.1, 0.15) is 31.7 Å². The molecule has 0 spiro atoms. The summed E-state index contributed by atoms with van der Waals surface area (Å²) in [5, 5.41) is 23.4. The fourth-order valence-electron chi connectivity index (χ4n) is 4.17. The maximum absolute atomic E-state index is 9.61. The highest BCUT2D eigenvalue weighted by Gasteiger charge is 2.26. The van der Waals surface area contributed by atoms with E-state index >= 15 is 0 Å². The minimum absolute atomic E-state index is 0.250. The van der Waals surface area contributed by atoms with Crippen molar-refractivity contribution >= 4 is 12.9 Å². The number of para-hydroxylation sites is 1. The molecule has 11 heteroatoms. The molecule has 1 saturated carbocycles. The van der Waals surface area contributed by atoms with Crippen molar-refractivity contribution in [3.63, 3.8) is 0 Å². The largest absolute Gasteiger partial charge is 0.493 e. The SMILES string of the molecule is COc1cccc(-c2nccn2[C@@H]2CCC[C@H](CO)C2)c1OCCn1ccnc1.O=CO.O=CO. The number of aliphatic hydroxyl groups excluding tert-OH is 1. The molecule has 0 amide bonds. The Bertz CT molecular complexity index is 1000. The third kappa shape index (κ3) is 7.85. The van der Waals surface area contributed by atoms with Crippen molar-refractivity contribution in [3.05, 3.63) is 49.3 Å². The number of rotatable bonds is 8. The second-order valence-corrected chi connectivity index (χ2v) is 7.72. The molecule has 2 atom stereocenters. The van der Waals surface area contributed by atoms with Crippen molar-refractivity contribution in [3.8, 4) is 22.9 Å². The number of ether oxygens (including phenoxy) is 2. The van der Waals surface area contributed by atoms with Crippen LogP contribution in [0.5, 0.6) is 11.5 Å². The lowest BCUT2D eigenvalue weighted by molar-refractivity contribution is -0.123. The molecule has 1 aliphatic rings. The predicted octanol–water partition coefficient (Wildman–Crippen LogP) is 2.96. The summed E-state index contributed by atoms with van der Waals surface area (Å²) >= 11 is 0. The summed E-state index contributed by atoms with van der Waals surface area (Å²) in [6.07, 6.45) is 13.6. The number of aliphatic hydroxyl groups is 1. The first-order valence-corrected chi connectivity index (χ1v) is 11.2. The van der Waals surface area contributed by atoms with Crippen LogP contribution in [0, 0.1) is 5.92 Å². The summed E-state index contributed by atoms with van der Waals surface area (Å²) in [7, 11) is 1.65. The normalized spacial score (nSPS) is 16.6. The Morgan fingerprint density at radius 2 is 1.91 bits per heavy atom. The topological polar surface area (TPSA) is 149 Å². The van der Waals surface area contributed by atoms with Gasteiger partial charge in [0.15, 0.2) is 11.5 Å². The first kappa shape index (κ1) is 27.4. The lowest BCUT2D eigenvalue weighted by Gasteiger charge is -2.30. The van der Waals surface area contributed by atoms with Gasteiger partial charge in [-0.2, -0.15) is 0 Å². The standard InChI is InChI=1S/C22H28N4O3.2CH2O2/c1-28-20-7-3-6-19(21(20)29-13-12-25-10-8-23-16-25)22-24-9-11-26(22)18-5-2-4-17(14-18)15-27;2*2-1-3/h3,6-11,16-18,27H,2,4-5,12-15H2,1H3;2*1H,(H,2,3)/t17-,18+;;/m0../s1. The van der Waals surface area contributed by atoms with Crippen LogP contribution in [0.2, 0.25) is 0 Å². The van der Waals surface area contributed by atoms with Gasteiger partial charge >= 0.3 is 0 Å². The van der Waals surface area contributed by atoms with E-state index in [0.29, 0.717) is 36.6 Å². The van der Waals surface area contributed by atoms with Gasteiger partial charge in [-0.05, 0) is 37.3 Å². The second kappa shape index (κ2) is 15.1. The second-order valence-electron chi connectivity index (χ2n) is 7.72. The fraction of sp³-hybridized carbons (Fsp3) is 0.417. The highest BCUT2D eigenvalue weighted by atomic mass is 16.5. The van der Waals surface area contributed by atoms with E-state index in [2.05, 4.69) is 14.5 Å². The molecule has 35 heavy (non-hydrogen) atoms. The van der Waals surface area contributed by atoms with Gasteiger partial charge in [-0.25, -0.2) is 9.97 Å². The summed E-state index contributed by atoms with van der Waals surface area (Å²) < 4.78 is 16.0. The number of hydrogen-bond acceptors (Lipinski definition) is 7. The molecule has 4 rings (SSSR count). The first-order chi connectivity index (χ1) is 17.1. The summed E-state index contributed by atoms with van der Waals surface area (Å²) in [6, 6.07) is 6.24. The van der Waals surface area contributed by atoms with Crippen molar-refractivity contribution in [2.45, 2.75) is 38.3 Å². The van der Waals surface area contributed by atoms with Gasteiger partial charge in [0.2, 0.25) is 0 Å². The number of nitrogens with zero attached hydrogens (tertiary/aromatic N) is 4. The van der Waals surface area contributed by atoms with Crippen LogP contribution in [-0.4, -0.2) is 67.7 Å². The van der Waals surface area contributed by atoms with Gasteiger partial charge in [0.1, 0.15) is 12.4 Å². The van der Waals surface area contributed by atoms with Crippen molar-refractivity contribution in [1.82, 2.24) is 19.1 Å². The highest BCUT2D eigenvalue weighted by molar-refractivity contribution is 5.69. The van der Waals surface area contributed by atoms with Crippen LogP contribution < -0.4 is 9.47 Å². The third-order valence-corrected chi connectivity index (χ3v) is 5.67. The van der Waals surface area contributed by atoms with E-state index in [9.17, 15) is 5.11 Å². The van der Waals surface area contributed by atoms with Crippen LogP contribution in [0.3, 0.4) is 0 Å². The average molecular weight is 489 g/mol. The van der Waals surface area contributed by atoms with Gasteiger partial charge < -0.3 is 33.9 Å². The minimum Gasteiger partial charge on any atom is -0.493 e. The van der Waals surface area contributed by atoms with Crippen LogP contribution in [0.25, 0.3) is 11.4 Å². The smallest absolute Gasteiger partial charge is 0.290 e. The number of benzene rings is 1. The number of carboxylic acid groups (broad SMARTS) is 2. The maximum Gasteiger partial charge on any atom is 0.290 e. The molecule has 0 bridgehead atoms. The molecule has 0 unspecified atom stereocenters. The van der Waals surface area contributed by atoms with Crippen LogP contribution in [-0.2, 0) is 16.1 Å². The number of aromatic nitrogens is 4. The summed E-state index contributed by atoms with van der Waals surface area (Å²) in [6.45, 7) is 0.954. The van der Waals surface area contributed by atoms with Crippen LogP contribution >= 0.6 is 0 Å². The lowest BCUT2D eigenvalue weighted by atomic mass is 9.86. The van der Waals surface area contributed by atoms with E-state index in [1.807, 2.05) is 41.4 Å². The quantitative estimate of drug-likeness (QED) is 0.407. The molecule has 1 aliphatic carbocycles. The van der Waals surface area contributed by atoms with Crippen molar-refractivity contribution in [1.29, 1.82) is 0 Å². The van der Waals surface area contributed by atoms with Gasteiger partial charge in [-0.15, -0.1) is 0 Å². The Morgan fingerprint density at radius 1 is 1.14 bits per heavy atom. The number of methoxy groups -OCH3 is 1. The Kier molecular flexibility index (Phi) is 11.8. The van der Waals surface area contributed by atoms with E-state index < -0.39 is 0 Å². The van der Waals surface area contributed by atoms with Crippen molar-refractivity contribution in [2.24, 2.45) is 5.92 Å². The Labute approximate surface area is 203 Å². The molecule has 0 radical (unpaired) electrons. The number of carbonyl (C=O) groups is 2. The van der Waals surface area contributed by atoms with Gasteiger partial charge in [0.05, 0.1) is 25.5 Å². The predicted molar refractivity (Wildman–Crippen MR) is 127 cm³/mol. The van der Waals surface area contributed by atoms with Gasteiger partial charge in [0, 0.05) is 37.4 Å². The van der Waals surface area contributed by atoms with Crippen molar-refractivity contribution < 1.29 is 34.4 Å². The van der Waals surface area contributed by atoms with E-state index in [0.717, 1.165) is 37.1 Å². The molecule has 11 nitrogen and oxygen atoms in total. The summed E-state index contributed by atoms with van der Waals surface area (Å²) in [5.74, 6) is 2.64. The van der Waals surface area contributed by atoms with E-state index in [1.54, 1.807) is 19.6 Å². The van der Waals surface area contributed by atoms with Crippen molar-refractivity contribution in [2.75, 3.05) is 20.3 Å². The molecule has 1 fully saturated rings. The molecule has 0 aliphatic heterocycles. The number of hydrogen-bond donors (Lipinski definition) is 3. The third-order valence-electron chi connectivity index (χ3n) is 5.67. The monoisotopic (exact) mass is 488 g/mol.